The second-order valence-corrected chi connectivity index (χ2v) is 18.5. The van der Waals surface area contributed by atoms with Crippen molar-refractivity contribution < 1.29 is 76.4 Å². The van der Waals surface area contributed by atoms with Crippen molar-refractivity contribution in [3.8, 4) is 0 Å². The van der Waals surface area contributed by atoms with Crippen molar-refractivity contribution in [2.45, 2.75) is 121 Å². The number of benzene rings is 5. The van der Waals surface area contributed by atoms with Crippen LogP contribution in [-0.4, -0.2) is 128 Å². The minimum atomic E-state index is -1.64. The lowest BCUT2D eigenvalue weighted by molar-refractivity contribution is -0.352. The summed E-state index contributed by atoms with van der Waals surface area (Å²) in [6, 6.07) is 43.5. The van der Waals surface area contributed by atoms with Gasteiger partial charge in [-0.05, 0) is 53.3 Å². The first-order chi connectivity index (χ1) is 37.9. The van der Waals surface area contributed by atoms with Gasteiger partial charge < -0.3 is 62.2 Å². The van der Waals surface area contributed by atoms with Gasteiger partial charge in [0.25, 0.3) is 0 Å². The molecule has 2 fully saturated rings. The third-order valence-corrected chi connectivity index (χ3v) is 12.6. The van der Waals surface area contributed by atoms with Crippen LogP contribution in [0.2, 0.25) is 0 Å². The van der Waals surface area contributed by atoms with Crippen molar-refractivity contribution in [3.05, 3.63) is 190 Å². The standard InChI is InChI=1S/C58H64N4O16/c1-39(63)29-30-48(65)71-38-47-51(78-56-49(60-61-59)52(72-34-42-21-10-4-11-22-42)50(66)46(75-56)37-70-40(2)64)53(73-35-43-23-12-5-13-24-43)54(77-55(67)45-27-16-7-17-28-45)57(76-47)69-32-18-31-62(33-41-19-8-3-9-20-41)58(68)74-36-44-25-14-6-15-26-44/h3-17,19-28,46-47,49-54,56-57,66H,18,29-38H2,1-2H3/t46-,47-,49-,50-,51-,52-,53+,54-,56-,57-/m1/s1. The molecule has 1 N–H and O–H groups in total. The maximum Gasteiger partial charge on any atom is 0.410 e. The number of carbonyl (C=O) groups excluding carboxylic acids is 5. The van der Waals surface area contributed by atoms with Crippen molar-refractivity contribution in [1.29, 1.82) is 0 Å². The van der Waals surface area contributed by atoms with Gasteiger partial charge in [-0.1, -0.05) is 145 Å². The maximum absolute atomic E-state index is 14.3. The average Bonchev–Trinajstić information content (AvgIpc) is 3.54. The van der Waals surface area contributed by atoms with Crippen LogP contribution in [0.1, 0.15) is 65.7 Å². The summed E-state index contributed by atoms with van der Waals surface area (Å²) >= 11 is 0. The van der Waals surface area contributed by atoms with Crippen LogP contribution in [0.3, 0.4) is 0 Å². The summed E-state index contributed by atoms with van der Waals surface area (Å²) in [5.41, 5.74) is 13.3. The van der Waals surface area contributed by atoms with Crippen LogP contribution in [0.15, 0.2) is 157 Å². The van der Waals surface area contributed by atoms with Crippen molar-refractivity contribution in [1.82, 2.24) is 4.90 Å². The van der Waals surface area contributed by atoms with Gasteiger partial charge >= 0.3 is 24.0 Å². The lowest BCUT2D eigenvalue weighted by Crippen LogP contribution is -2.66. The van der Waals surface area contributed by atoms with Crippen LogP contribution in [0, 0.1) is 0 Å². The molecule has 2 aliphatic rings. The maximum atomic E-state index is 14.3. The number of amides is 1. The summed E-state index contributed by atoms with van der Waals surface area (Å²) in [6.45, 7) is 1.66. The molecule has 2 heterocycles. The molecule has 20 heteroatoms. The first-order valence-electron chi connectivity index (χ1n) is 25.6. The number of carbonyl (C=O) groups is 5. The Kier molecular flexibility index (Phi) is 22.7. The van der Waals surface area contributed by atoms with E-state index in [1.165, 1.54) is 13.8 Å². The molecular formula is C58H64N4O16. The highest BCUT2D eigenvalue weighted by atomic mass is 16.8. The summed E-state index contributed by atoms with van der Waals surface area (Å²) in [4.78, 5) is 69.9. The highest BCUT2D eigenvalue weighted by molar-refractivity contribution is 5.89. The van der Waals surface area contributed by atoms with E-state index in [1.807, 2.05) is 97.1 Å². The predicted molar refractivity (Wildman–Crippen MR) is 278 cm³/mol. The number of aliphatic hydroxyl groups is 1. The van der Waals surface area contributed by atoms with Crippen LogP contribution in [0.25, 0.3) is 10.4 Å². The second-order valence-electron chi connectivity index (χ2n) is 18.5. The van der Waals surface area contributed by atoms with Crippen LogP contribution >= 0.6 is 0 Å². The molecule has 2 saturated heterocycles. The number of hydrogen-bond acceptors (Lipinski definition) is 17. The van der Waals surface area contributed by atoms with Crippen LogP contribution in [-0.2, 0) is 88.1 Å². The Morgan fingerprint density at radius 3 is 1.72 bits per heavy atom. The van der Waals surface area contributed by atoms with Gasteiger partial charge in [-0.15, -0.1) is 0 Å². The van der Waals surface area contributed by atoms with Crippen LogP contribution in [0.4, 0.5) is 4.79 Å². The zero-order valence-electron chi connectivity index (χ0n) is 43.3. The molecule has 2 aliphatic heterocycles. The summed E-state index contributed by atoms with van der Waals surface area (Å²) in [7, 11) is 0. The Morgan fingerprint density at radius 2 is 1.14 bits per heavy atom. The smallest absolute Gasteiger partial charge is 0.410 e. The van der Waals surface area contributed by atoms with Gasteiger partial charge in [0, 0.05) is 31.3 Å². The predicted octanol–water partition coefficient (Wildman–Crippen LogP) is 7.98. The molecule has 0 aliphatic carbocycles. The number of hydrogen-bond donors (Lipinski definition) is 1. The van der Waals surface area contributed by atoms with E-state index >= 15 is 0 Å². The number of rotatable bonds is 27. The third kappa shape index (κ3) is 17.8. The fourth-order valence-corrected chi connectivity index (χ4v) is 8.64. The highest BCUT2D eigenvalue weighted by Crippen LogP contribution is 2.36. The number of nitrogens with zero attached hydrogens (tertiary/aromatic N) is 4. The highest BCUT2D eigenvalue weighted by Gasteiger charge is 2.55. The van der Waals surface area contributed by atoms with Crippen molar-refractivity contribution >= 4 is 29.8 Å². The average molecular weight is 1070 g/mol. The van der Waals surface area contributed by atoms with E-state index in [-0.39, 0.29) is 70.1 Å². The van der Waals surface area contributed by atoms with Crippen LogP contribution < -0.4 is 0 Å². The molecule has 412 valence electrons. The number of azide groups is 1. The van der Waals surface area contributed by atoms with Gasteiger partial charge in [0.1, 0.15) is 62.2 Å². The molecule has 20 nitrogen and oxygen atoms in total. The van der Waals surface area contributed by atoms with Gasteiger partial charge in [-0.2, -0.15) is 0 Å². The molecule has 10 atom stereocenters. The second kappa shape index (κ2) is 30.4. The molecule has 0 aromatic heterocycles. The summed E-state index contributed by atoms with van der Waals surface area (Å²) < 4.78 is 62.6. The van der Waals surface area contributed by atoms with Crippen molar-refractivity contribution in [3.63, 3.8) is 0 Å². The third-order valence-electron chi connectivity index (χ3n) is 12.6. The van der Waals surface area contributed by atoms with E-state index < -0.39 is 98.6 Å². The molecule has 78 heavy (non-hydrogen) atoms. The topological polar surface area (TPSA) is 250 Å². The van der Waals surface area contributed by atoms with Gasteiger partial charge in [-0.3, -0.25) is 9.59 Å². The van der Waals surface area contributed by atoms with Gasteiger partial charge in [0.05, 0.1) is 37.9 Å². The first-order valence-corrected chi connectivity index (χ1v) is 25.6. The van der Waals surface area contributed by atoms with Crippen molar-refractivity contribution in [2.75, 3.05) is 26.4 Å². The van der Waals surface area contributed by atoms with Gasteiger partial charge in [0.15, 0.2) is 18.7 Å². The normalized spacial score (nSPS) is 22.7. The fraction of sp³-hybridized carbons (Fsp3) is 0.397. The summed E-state index contributed by atoms with van der Waals surface area (Å²) in [6.07, 6.45) is -13.7. The molecule has 0 unspecified atom stereocenters. The van der Waals surface area contributed by atoms with E-state index in [1.54, 1.807) is 59.5 Å². The Hall–Kier alpha value is -7.52. The Morgan fingerprint density at radius 1 is 0.603 bits per heavy atom. The molecule has 0 bridgehead atoms. The minimum Gasteiger partial charge on any atom is -0.463 e. The Labute approximate surface area is 451 Å². The Balaban J connectivity index is 1.24. The van der Waals surface area contributed by atoms with E-state index in [0.717, 1.165) is 11.1 Å². The first kappa shape index (κ1) is 58.2. The molecule has 5 aromatic carbocycles. The number of ether oxygens (including phenoxy) is 10. The lowest BCUT2D eigenvalue weighted by Gasteiger charge is -2.48. The lowest BCUT2D eigenvalue weighted by atomic mass is 9.95. The fourth-order valence-electron chi connectivity index (χ4n) is 8.64. The van der Waals surface area contributed by atoms with E-state index in [0.29, 0.717) is 11.1 Å². The molecule has 1 amide bonds. The SMILES string of the molecule is CC(=O)CCC(=O)OC[C@H]1O[C@@H](OCCCN(Cc2ccccc2)C(=O)OCc2ccccc2)[C@H](OC(=O)c2ccccc2)[C@@H](OCc2ccccc2)[C@@H]1O[C@H]1O[C@H](COC(C)=O)[C@@H](O)[C@H](OCc2ccccc2)[C@H]1N=[N+]=[N-]. The number of esters is 3. The van der Waals surface area contributed by atoms with E-state index in [4.69, 9.17) is 47.4 Å². The van der Waals surface area contributed by atoms with Gasteiger partial charge in [-0.25, -0.2) is 9.59 Å². The Bertz CT molecular complexity index is 2710. The molecular weight excluding hydrogens is 1010 g/mol. The molecule has 5 aromatic rings. The monoisotopic (exact) mass is 1070 g/mol. The van der Waals surface area contributed by atoms with Gasteiger partial charge in [0.2, 0.25) is 0 Å². The van der Waals surface area contributed by atoms with Crippen LogP contribution in [0.5, 0.6) is 0 Å². The summed E-state index contributed by atoms with van der Waals surface area (Å²) in [5.74, 6) is -2.46. The number of Topliss-reactive ketones (excluding diaryl/α,β-unsaturated/α-hetero) is 1. The zero-order valence-corrected chi connectivity index (χ0v) is 43.3. The molecule has 0 radical (unpaired) electrons. The molecule has 7 rings (SSSR count). The number of aliphatic hydroxyl groups excluding tert-OH is 1. The largest absolute Gasteiger partial charge is 0.463 e. The minimum absolute atomic E-state index is 0.0461. The zero-order chi connectivity index (χ0) is 55.1. The quantitative estimate of drug-likeness (QED) is 0.0131. The van der Waals surface area contributed by atoms with E-state index in [2.05, 4.69) is 10.0 Å². The summed E-state index contributed by atoms with van der Waals surface area (Å²) in [5, 5.41) is 15.8. The van der Waals surface area contributed by atoms with E-state index in [9.17, 15) is 34.6 Å². The van der Waals surface area contributed by atoms with Crippen molar-refractivity contribution in [2.24, 2.45) is 5.11 Å². The number of ketones is 1. The molecule has 0 saturated carbocycles. The molecule has 0 spiro atoms.